The van der Waals surface area contributed by atoms with Gasteiger partial charge in [0, 0.05) is 13.0 Å². The third-order valence-electron chi connectivity index (χ3n) is 5.33. The second-order valence-electron chi connectivity index (χ2n) is 6.68. The van der Waals surface area contributed by atoms with E-state index in [0.29, 0.717) is 25.8 Å². The summed E-state index contributed by atoms with van der Waals surface area (Å²) in [5.41, 5.74) is 0.566. The van der Waals surface area contributed by atoms with Gasteiger partial charge in [0.05, 0.1) is 11.6 Å². The van der Waals surface area contributed by atoms with Crippen LogP contribution in [0.15, 0.2) is 24.3 Å². The van der Waals surface area contributed by atoms with Gasteiger partial charge in [-0.2, -0.15) is 8.78 Å². The molecule has 1 aromatic carbocycles. The molecule has 0 aromatic heterocycles. The van der Waals surface area contributed by atoms with Crippen molar-refractivity contribution in [3.05, 3.63) is 29.8 Å². The first-order valence-corrected chi connectivity index (χ1v) is 8.53. The monoisotopic (exact) mass is 339 g/mol. The standard InChI is InChI=1S/C18H23F2NO3/c19-17(20)24-14-6-3-13(4-7-14)5-8-16(23)21-12-9-15(22)18(21)10-1-2-11-18/h3-4,6-7,15,17,22H,1-2,5,8-12H2. The quantitative estimate of drug-likeness (QED) is 0.897. The zero-order valence-corrected chi connectivity index (χ0v) is 13.6. The van der Waals surface area contributed by atoms with Crippen LogP contribution in [-0.4, -0.2) is 40.7 Å². The number of carbonyl (C=O) groups is 1. The van der Waals surface area contributed by atoms with Gasteiger partial charge in [-0.3, -0.25) is 4.79 Å². The molecule has 1 heterocycles. The van der Waals surface area contributed by atoms with Crippen molar-refractivity contribution in [2.45, 2.75) is 63.2 Å². The molecule has 1 N–H and O–H groups in total. The van der Waals surface area contributed by atoms with Gasteiger partial charge in [-0.1, -0.05) is 25.0 Å². The second-order valence-corrected chi connectivity index (χ2v) is 6.68. The molecule has 1 saturated heterocycles. The van der Waals surface area contributed by atoms with Gasteiger partial charge in [-0.15, -0.1) is 0 Å². The molecule has 1 atom stereocenters. The normalized spacial score (nSPS) is 22.5. The molecule has 2 aliphatic rings. The average molecular weight is 339 g/mol. The van der Waals surface area contributed by atoms with E-state index in [4.69, 9.17) is 0 Å². The van der Waals surface area contributed by atoms with Crippen LogP contribution in [0.4, 0.5) is 8.78 Å². The Kier molecular flexibility index (Phi) is 5.04. The molecule has 2 fully saturated rings. The van der Waals surface area contributed by atoms with Crippen molar-refractivity contribution in [3.63, 3.8) is 0 Å². The van der Waals surface area contributed by atoms with E-state index in [-0.39, 0.29) is 17.2 Å². The number of aliphatic hydroxyl groups is 1. The number of halogens is 2. The van der Waals surface area contributed by atoms with Crippen molar-refractivity contribution in [1.29, 1.82) is 0 Å². The molecule has 1 aromatic rings. The van der Waals surface area contributed by atoms with Gasteiger partial charge in [0.1, 0.15) is 5.75 Å². The number of amides is 1. The lowest BCUT2D eigenvalue weighted by Gasteiger charge is -2.37. The zero-order valence-electron chi connectivity index (χ0n) is 13.6. The van der Waals surface area contributed by atoms with E-state index in [0.717, 1.165) is 31.2 Å². The number of nitrogens with zero attached hydrogens (tertiary/aromatic N) is 1. The topological polar surface area (TPSA) is 49.8 Å². The zero-order chi connectivity index (χ0) is 17.2. The minimum atomic E-state index is -2.83. The minimum Gasteiger partial charge on any atom is -0.435 e. The maximum Gasteiger partial charge on any atom is 0.387 e. The van der Waals surface area contributed by atoms with E-state index >= 15 is 0 Å². The number of rotatable bonds is 5. The molecular weight excluding hydrogens is 316 g/mol. The van der Waals surface area contributed by atoms with Crippen molar-refractivity contribution < 1.29 is 23.4 Å². The van der Waals surface area contributed by atoms with Crippen LogP contribution in [0.1, 0.15) is 44.1 Å². The van der Waals surface area contributed by atoms with Gasteiger partial charge in [0.25, 0.3) is 0 Å². The van der Waals surface area contributed by atoms with Crippen LogP contribution in [0.25, 0.3) is 0 Å². The molecule has 0 bridgehead atoms. The number of carbonyl (C=O) groups excluding carboxylic acids is 1. The summed E-state index contributed by atoms with van der Waals surface area (Å²) in [6.45, 7) is -2.21. The van der Waals surface area contributed by atoms with Crippen LogP contribution in [0, 0.1) is 0 Å². The van der Waals surface area contributed by atoms with Crippen LogP contribution in [0.3, 0.4) is 0 Å². The van der Waals surface area contributed by atoms with E-state index in [9.17, 15) is 18.7 Å². The van der Waals surface area contributed by atoms with Gasteiger partial charge in [0.15, 0.2) is 0 Å². The van der Waals surface area contributed by atoms with Gasteiger partial charge >= 0.3 is 6.61 Å². The minimum absolute atomic E-state index is 0.0707. The highest BCUT2D eigenvalue weighted by atomic mass is 19.3. The smallest absolute Gasteiger partial charge is 0.387 e. The number of aryl methyl sites for hydroxylation is 1. The first-order chi connectivity index (χ1) is 11.5. The molecule has 1 amide bonds. The Labute approximate surface area is 140 Å². The summed E-state index contributed by atoms with van der Waals surface area (Å²) in [5, 5.41) is 10.3. The molecule has 24 heavy (non-hydrogen) atoms. The Morgan fingerprint density at radius 3 is 2.58 bits per heavy atom. The predicted molar refractivity (Wildman–Crippen MR) is 84.9 cm³/mol. The highest BCUT2D eigenvalue weighted by Gasteiger charge is 2.51. The van der Waals surface area contributed by atoms with E-state index in [1.807, 2.05) is 4.90 Å². The Hall–Kier alpha value is -1.69. The third kappa shape index (κ3) is 3.38. The van der Waals surface area contributed by atoms with Crippen molar-refractivity contribution in [1.82, 2.24) is 4.90 Å². The van der Waals surface area contributed by atoms with Crippen LogP contribution in [0.5, 0.6) is 5.75 Å². The summed E-state index contributed by atoms with van der Waals surface area (Å²) in [6.07, 6.45) is 5.07. The van der Waals surface area contributed by atoms with Crippen molar-refractivity contribution in [2.75, 3.05) is 6.54 Å². The number of ether oxygens (including phenoxy) is 1. The van der Waals surface area contributed by atoms with E-state index < -0.39 is 12.7 Å². The molecule has 132 valence electrons. The van der Waals surface area contributed by atoms with Crippen LogP contribution in [-0.2, 0) is 11.2 Å². The van der Waals surface area contributed by atoms with Crippen molar-refractivity contribution >= 4 is 5.91 Å². The Balaban J connectivity index is 1.57. The fourth-order valence-corrected chi connectivity index (χ4v) is 4.11. The number of likely N-dealkylation sites (tertiary alicyclic amines) is 1. The average Bonchev–Trinajstić information content (AvgIpc) is 3.16. The molecule has 1 aliphatic heterocycles. The summed E-state index contributed by atoms with van der Waals surface area (Å²) in [4.78, 5) is 14.5. The number of alkyl halides is 2. The third-order valence-corrected chi connectivity index (χ3v) is 5.33. The van der Waals surface area contributed by atoms with Crippen LogP contribution in [0.2, 0.25) is 0 Å². The van der Waals surface area contributed by atoms with Crippen molar-refractivity contribution in [2.24, 2.45) is 0 Å². The highest BCUT2D eigenvalue weighted by molar-refractivity contribution is 5.78. The van der Waals surface area contributed by atoms with Crippen LogP contribution >= 0.6 is 0 Å². The molecule has 1 unspecified atom stereocenters. The Bertz CT molecular complexity index is 570. The fourth-order valence-electron chi connectivity index (χ4n) is 4.11. The summed E-state index contributed by atoms with van der Waals surface area (Å²) >= 11 is 0. The number of benzene rings is 1. The number of aliphatic hydroxyl groups excluding tert-OH is 1. The van der Waals surface area contributed by atoms with Crippen LogP contribution < -0.4 is 4.74 Å². The maximum atomic E-state index is 12.6. The molecule has 3 rings (SSSR count). The molecular formula is C18H23F2NO3. The lowest BCUT2D eigenvalue weighted by molar-refractivity contribution is -0.137. The first kappa shape index (κ1) is 17.1. The number of hydrogen-bond acceptors (Lipinski definition) is 3. The Morgan fingerprint density at radius 2 is 1.96 bits per heavy atom. The summed E-state index contributed by atoms with van der Waals surface area (Å²) in [6, 6.07) is 6.39. The largest absolute Gasteiger partial charge is 0.435 e. The summed E-state index contributed by atoms with van der Waals surface area (Å²) in [7, 11) is 0. The van der Waals surface area contributed by atoms with E-state index in [2.05, 4.69) is 4.74 Å². The van der Waals surface area contributed by atoms with Gasteiger partial charge in [-0.05, 0) is 43.4 Å². The summed E-state index contributed by atoms with van der Waals surface area (Å²) in [5.74, 6) is 0.189. The van der Waals surface area contributed by atoms with E-state index in [1.54, 1.807) is 12.1 Å². The summed E-state index contributed by atoms with van der Waals surface area (Å²) < 4.78 is 28.6. The highest BCUT2D eigenvalue weighted by Crippen LogP contribution is 2.43. The number of hydrogen-bond donors (Lipinski definition) is 1. The second kappa shape index (κ2) is 7.05. The lowest BCUT2D eigenvalue weighted by Crippen LogP contribution is -2.50. The van der Waals surface area contributed by atoms with Gasteiger partial charge < -0.3 is 14.7 Å². The Morgan fingerprint density at radius 1 is 1.29 bits per heavy atom. The molecule has 0 radical (unpaired) electrons. The predicted octanol–water partition coefficient (Wildman–Crippen LogP) is 3.13. The maximum absolute atomic E-state index is 12.6. The molecule has 1 spiro atoms. The van der Waals surface area contributed by atoms with Gasteiger partial charge in [-0.25, -0.2) is 0 Å². The fraction of sp³-hybridized carbons (Fsp3) is 0.611. The molecule has 6 heteroatoms. The van der Waals surface area contributed by atoms with E-state index in [1.165, 1.54) is 12.1 Å². The molecule has 1 saturated carbocycles. The first-order valence-electron chi connectivity index (χ1n) is 8.53. The SMILES string of the molecule is O=C(CCc1ccc(OC(F)F)cc1)N1CCC(O)C12CCCC2. The molecule has 4 nitrogen and oxygen atoms in total. The lowest BCUT2D eigenvalue weighted by atomic mass is 9.91. The van der Waals surface area contributed by atoms with Crippen molar-refractivity contribution in [3.8, 4) is 5.75 Å². The van der Waals surface area contributed by atoms with Gasteiger partial charge in [0.2, 0.25) is 5.91 Å². The molecule has 1 aliphatic carbocycles.